The van der Waals surface area contributed by atoms with Gasteiger partial charge in [-0.25, -0.2) is 0 Å². The normalized spacial score (nSPS) is 14.7. The first-order chi connectivity index (χ1) is 26.0. The van der Waals surface area contributed by atoms with Gasteiger partial charge in [-0.15, -0.1) is 0 Å². The molecule has 2 N–H and O–H groups in total. The quantitative estimate of drug-likeness (QED) is 0.0277. The second kappa shape index (κ2) is 37.3. The lowest BCUT2D eigenvalue weighted by Crippen LogP contribution is -2.45. The number of unbranched alkanes of at least 4 members (excludes halogenated alkanes) is 23. The Hall–Kier alpha value is -1.28. The zero-order valence-electron chi connectivity index (χ0n) is 35.9. The summed E-state index contributed by atoms with van der Waals surface area (Å²) in [7, 11) is 1.24. The number of nitrogens with zero attached hydrogens (tertiary/aromatic N) is 1. The van der Waals surface area contributed by atoms with E-state index in [0.29, 0.717) is 17.4 Å². The maximum absolute atomic E-state index is 12.8. The summed E-state index contributed by atoms with van der Waals surface area (Å²) in [4.78, 5) is 25.3. The first kappa shape index (κ1) is 52.7. The molecule has 0 bridgehead atoms. The highest BCUT2D eigenvalue weighted by molar-refractivity contribution is 7.45. The van der Waals surface area contributed by atoms with Crippen molar-refractivity contribution in [3.63, 3.8) is 0 Å². The molecule has 0 aliphatic carbocycles. The molecule has 0 aliphatic rings. The van der Waals surface area contributed by atoms with E-state index in [-0.39, 0.29) is 12.5 Å². The highest BCUT2D eigenvalue weighted by atomic mass is 31.2. The Morgan fingerprint density at radius 3 is 1.50 bits per heavy atom. The Morgan fingerprint density at radius 2 is 1.04 bits per heavy atom. The smallest absolute Gasteiger partial charge is 0.268 e. The fourth-order valence-corrected chi connectivity index (χ4v) is 6.94. The van der Waals surface area contributed by atoms with Crippen LogP contribution in [0.2, 0.25) is 0 Å². The fraction of sp³-hybridized carbons (Fsp3) is 0.844. The largest absolute Gasteiger partial charge is 0.756 e. The number of rotatable bonds is 40. The molecule has 0 heterocycles. The number of nitrogens with one attached hydrogen (secondary N) is 1. The number of quaternary nitrogens is 1. The Morgan fingerprint density at radius 1 is 0.630 bits per heavy atom. The fourth-order valence-electron chi connectivity index (χ4n) is 6.22. The number of aliphatic hydroxyl groups excluding tert-OH is 1. The number of likely N-dealkylation sites (N-methyl/N-ethyl adjacent to an activating group) is 1. The van der Waals surface area contributed by atoms with Crippen molar-refractivity contribution in [1.82, 2.24) is 5.32 Å². The Kier molecular flexibility index (Phi) is 36.4. The monoisotopic (exact) mass is 783 g/mol. The molecule has 0 saturated carbocycles. The van der Waals surface area contributed by atoms with E-state index in [4.69, 9.17) is 9.05 Å². The van der Waals surface area contributed by atoms with Crippen LogP contribution in [0.1, 0.15) is 194 Å². The number of carbonyl (C=O) groups excluding carboxylic acids is 1. The highest BCUT2D eigenvalue weighted by Crippen LogP contribution is 2.38. The van der Waals surface area contributed by atoms with Gasteiger partial charge in [0.1, 0.15) is 13.2 Å². The predicted octanol–water partition coefficient (Wildman–Crippen LogP) is 11.7. The molecule has 0 aliphatic heterocycles. The van der Waals surface area contributed by atoms with Gasteiger partial charge in [0, 0.05) is 6.42 Å². The van der Waals surface area contributed by atoms with Crippen molar-refractivity contribution < 1.29 is 32.9 Å². The van der Waals surface area contributed by atoms with Crippen LogP contribution in [0, 0.1) is 0 Å². The van der Waals surface area contributed by atoms with Crippen LogP contribution in [0.25, 0.3) is 0 Å². The van der Waals surface area contributed by atoms with Crippen LogP contribution in [0.3, 0.4) is 0 Å². The minimum atomic E-state index is -4.59. The van der Waals surface area contributed by atoms with Crippen molar-refractivity contribution in [2.24, 2.45) is 0 Å². The lowest BCUT2D eigenvalue weighted by atomic mass is 10.1. The molecule has 8 nitrogen and oxygen atoms in total. The molecule has 318 valence electrons. The molecule has 9 heteroatoms. The van der Waals surface area contributed by atoms with Gasteiger partial charge in [0.15, 0.2) is 0 Å². The highest BCUT2D eigenvalue weighted by Gasteiger charge is 2.23. The average Bonchev–Trinajstić information content (AvgIpc) is 3.12. The Labute approximate surface area is 334 Å². The molecule has 0 spiro atoms. The van der Waals surface area contributed by atoms with Crippen molar-refractivity contribution in [3.8, 4) is 0 Å². The van der Waals surface area contributed by atoms with Gasteiger partial charge in [-0.2, -0.15) is 0 Å². The lowest BCUT2D eigenvalue weighted by molar-refractivity contribution is -0.870. The topological polar surface area (TPSA) is 108 Å². The molecule has 0 fully saturated rings. The SMILES string of the molecule is CCCCCCCC/C=C\CCCCCCCC(=O)NC(COP(=O)([O-])OCC[N+](C)(C)C)C(O)/C=C/CC/C=C/CCCCCCCCCCCCC. The Bertz CT molecular complexity index is 980. The number of hydrogen-bond acceptors (Lipinski definition) is 6. The van der Waals surface area contributed by atoms with Crippen molar-refractivity contribution >= 4 is 13.7 Å². The molecule has 0 aromatic rings. The van der Waals surface area contributed by atoms with Gasteiger partial charge < -0.3 is 28.8 Å². The van der Waals surface area contributed by atoms with Gasteiger partial charge in [0.25, 0.3) is 7.82 Å². The zero-order chi connectivity index (χ0) is 40.0. The number of carbonyl (C=O) groups is 1. The minimum Gasteiger partial charge on any atom is -0.756 e. The van der Waals surface area contributed by atoms with Gasteiger partial charge in [0.2, 0.25) is 5.91 Å². The van der Waals surface area contributed by atoms with Crippen molar-refractivity contribution in [2.45, 2.75) is 206 Å². The number of allylic oxidation sites excluding steroid dienone is 5. The number of amides is 1. The van der Waals surface area contributed by atoms with Gasteiger partial charge in [-0.05, 0) is 57.8 Å². The van der Waals surface area contributed by atoms with Gasteiger partial charge >= 0.3 is 0 Å². The molecular weight excluding hydrogens is 695 g/mol. The van der Waals surface area contributed by atoms with E-state index in [1.165, 1.54) is 122 Å². The first-order valence-corrected chi connectivity index (χ1v) is 23.8. The third-order valence-corrected chi connectivity index (χ3v) is 10.8. The molecule has 3 atom stereocenters. The average molecular weight is 783 g/mol. The summed E-state index contributed by atoms with van der Waals surface area (Å²) < 4.78 is 23.2. The summed E-state index contributed by atoms with van der Waals surface area (Å²) in [6.07, 6.45) is 44.7. The third kappa shape index (κ3) is 39.0. The molecule has 1 amide bonds. The summed E-state index contributed by atoms with van der Waals surface area (Å²) >= 11 is 0. The minimum absolute atomic E-state index is 0.00792. The summed E-state index contributed by atoms with van der Waals surface area (Å²) in [5.74, 6) is -0.217. The van der Waals surface area contributed by atoms with E-state index < -0.39 is 26.6 Å². The maximum atomic E-state index is 12.8. The lowest BCUT2D eigenvalue weighted by Gasteiger charge is -2.29. The number of aliphatic hydroxyl groups is 1. The summed E-state index contributed by atoms with van der Waals surface area (Å²) in [5, 5.41) is 13.7. The second-order valence-corrected chi connectivity index (χ2v) is 17.8. The van der Waals surface area contributed by atoms with E-state index in [9.17, 15) is 19.4 Å². The van der Waals surface area contributed by atoms with Crippen LogP contribution in [0.4, 0.5) is 0 Å². The molecule has 0 aromatic carbocycles. The molecule has 0 rings (SSSR count). The van der Waals surface area contributed by atoms with Crippen molar-refractivity contribution in [2.75, 3.05) is 40.9 Å². The van der Waals surface area contributed by atoms with Crippen LogP contribution in [0.15, 0.2) is 36.5 Å². The van der Waals surface area contributed by atoms with E-state index in [0.717, 1.165) is 51.4 Å². The molecule has 0 aromatic heterocycles. The third-order valence-electron chi connectivity index (χ3n) is 9.82. The van der Waals surface area contributed by atoms with Crippen LogP contribution < -0.4 is 10.2 Å². The molecule has 54 heavy (non-hydrogen) atoms. The van der Waals surface area contributed by atoms with Crippen LogP contribution in [-0.4, -0.2) is 68.5 Å². The zero-order valence-corrected chi connectivity index (χ0v) is 36.8. The van der Waals surface area contributed by atoms with E-state index in [1.807, 2.05) is 27.2 Å². The number of phosphoric acid groups is 1. The van der Waals surface area contributed by atoms with Gasteiger partial charge in [-0.3, -0.25) is 9.36 Å². The van der Waals surface area contributed by atoms with Gasteiger partial charge in [-0.1, -0.05) is 166 Å². The number of phosphoric ester groups is 1. The van der Waals surface area contributed by atoms with Crippen molar-refractivity contribution in [3.05, 3.63) is 36.5 Å². The molecule has 0 saturated heterocycles. The van der Waals surface area contributed by atoms with Crippen LogP contribution in [-0.2, 0) is 18.4 Å². The van der Waals surface area contributed by atoms with E-state index in [1.54, 1.807) is 6.08 Å². The second-order valence-electron chi connectivity index (χ2n) is 16.4. The number of hydrogen-bond donors (Lipinski definition) is 2. The molecular formula is C45H87N2O6P. The predicted molar refractivity (Wildman–Crippen MR) is 228 cm³/mol. The maximum Gasteiger partial charge on any atom is 0.268 e. The van der Waals surface area contributed by atoms with E-state index in [2.05, 4.69) is 43.5 Å². The Balaban J connectivity index is 4.50. The summed E-state index contributed by atoms with van der Waals surface area (Å²) in [6, 6.07) is -0.905. The van der Waals surface area contributed by atoms with Gasteiger partial charge in [0.05, 0.1) is 39.9 Å². The van der Waals surface area contributed by atoms with E-state index >= 15 is 0 Å². The summed E-state index contributed by atoms with van der Waals surface area (Å²) in [6.45, 7) is 4.61. The van der Waals surface area contributed by atoms with Crippen LogP contribution in [0.5, 0.6) is 0 Å². The standard InChI is InChI=1S/C45H87N2O6P/c1-6-8-10-12-14-16-18-20-22-23-25-26-28-30-32-34-36-38-44(48)43(42-53-54(50,51)52-41-40-47(3,4)5)46-45(49)39-37-35-33-31-29-27-24-21-19-17-15-13-11-9-7-2/h21,24,28,30,36,38,43-44,48H,6-20,22-23,25-27,29,31-35,37,39-42H2,1-5H3,(H-,46,49,50,51)/b24-21-,30-28+,38-36+. The van der Waals surface area contributed by atoms with Crippen molar-refractivity contribution in [1.29, 1.82) is 0 Å². The molecule has 3 unspecified atom stereocenters. The summed E-state index contributed by atoms with van der Waals surface area (Å²) in [5.41, 5.74) is 0. The van der Waals surface area contributed by atoms with Crippen LogP contribution >= 0.6 is 7.82 Å². The first-order valence-electron chi connectivity index (χ1n) is 22.4. The molecule has 0 radical (unpaired) electrons.